The van der Waals surface area contributed by atoms with E-state index in [1.54, 1.807) is 6.92 Å². The summed E-state index contributed by atoms with van der Waals surface area (Å²) in [5.41, 5.74) is 4.86. The molecule has 1 aliphatic rings. The summed E-state index contributed by atoms with van der Waals surface area (Å²) in [5.74, 6) is -0.413. The van der Waals surface area contributed by atoms with Crippen LogP contribution in [0.25, 0.3) is 0 Å². The minimum absolute atomic E-state index is 0.413. The summed E-state index contributed by atoms with van der Waals surface area (Å²) in [7, 11) is 0. The molecule has 1 aliphatic heterocycles. The van der Waals surface area contributed by atoms with Gasteiger partial charge in [-0.05, 0) is 19.4 Å². The van der Waals surface area contributed by atoms with E-state index < -0.39 is 17.1 Å². The lowest BCUT2D eigenvalue weighted by atomic mass is 9.88. The number of amides is 1. The van der Waals surface area contributed by atoms with Gasteiger partial charge in [0.2, 0.25) is 0 Å². The molecule has 3 heteroatoms. The van der Waals surface area contributed by atoms with E-state index in [1.807, 2.05) is 37.3 Å². The second-order valence-electron chi connectivity index (χ2n) is 3.90. The number of carbonyl (C=O) groups is 1. The number of rotatable bonds is 2. The van der Waals surface area contributed by atoms with Crippen molar-refractivity contribution in [2.75, 3.05) is 0 Å². The number of epoxide rings is 1. The Morgan fingerprint density at radius 1 is 1.29 bits per heavy atom. The predicted molar refractivity (Wildman–Crippen MR) is 52.5 cm³/mol. The van der Waals surface area contributed by atoms with Crippen molar-refractivity contribution in [3.63, 3.8) is 0 Å². The minimum atomic E-state index is -0.853. The molecular formula is C11H13NO2. The molecule has 1 amide bonds. The summed E-state index contributed by atoms with van der Waals surface area (Å²) >= 11 is 0. The van der Waals surface area contributed by atoms with Gasteiger partial charge in [0.1, 0.15) is 5.60 Å². The van der Waals surface area contributed by atoms with E-state index in [-0.39, 0.29) is 0 Å². The second kappa shape index (κ2) is 2.58. The van der Waals surface area contributed by atoms with Gasteiger partial charge in [0.25, 0.3) is 5.91 Å². The molecule has 1 aromatic carbocycles. The predicted octanol–water partition coefficient (Wildman–Crippen LogP) is 1.18. The summed E-state index contributed by atoms with van der Waals surface area (Å²) in [6, 6.07) is 9.65. The van der Waals surface area contributed by atoms with Crippen LogP contribution in [0, 0.1) is 0 Å². The highest BCUT2D eigenvalue weighted by molar-refractivity contribution is 5.88. The van der Waals surface area contributed by atoms with Crippen molar-refractivity contribution in [3.05, 3.63) is 35.9 Å². The molecule has 0 bridgehead atoms. The molecule has 74 valence electrons. The average Bonchev–Trinajstić information content (AvgIpc) is 2.74. The Morgan fingerprint density at radius 3 is 2.29 bits per heavy atom. The van der Waals surface area contributed by atoms with Crippen LogP contribution >= 0.6 is 0 Å². The van der Waals surface area contributed by atoms with Gasteiger partial charge >= 0.3 is 0 Å². The van der Waals surface area contributed by atoms with Crippen LogP contribution in [0.3, 0.4) is 0 Å². The molecule has 0 aromatic heterocycles. The Labute approximate surface area is 82.9 Å². The Balaban J connectivity index is 2.36. The average molecular weight is 191 g/mol. The largest absolute Gasteiger partial charge is 0.367 e. The highest BCUT2D eigenvalue weighted by Gasteiger charge is 2.68. The van der Waals surface area contributed by atoms with Gasteiger partial charge in [-0.25, -0.2) is 0 Å². The second-order valence-corrected chi connectivity index (χ2v) is 3.90. The lowest BCUT2D eigenvalue weighted by Gasteiger charge is -2.09. The van der Waals surface area contributed by atoms with E-state index in [2.05, 4.69) is 0 Å². The molecule has 1 heterocycles. The first-order chi connectivity index (χ1) is 6.51. The maximum atomic E-state index is 11.2. The maximum Gasteiger partial charge on any atom is 0.252 e. The molecule has 0 saturated carbocycles. The lowest BCUT2D eigenvalue weighted by molar-refractivity contribution is -0.122. The first kappa shape index (κ1) is 9.21. The molecule has 1 saturated heterocycles. The van der Waals surface area contributed by atoms with Crippen molar-refractivity contribution in [2.45, 2.75) is 25.0 Å². The number of benzene rings is 1. The summed E-state index contributed by atoms with van der Waals surface area (Å²) in [4.78, 5) is 11.2. The van der Waals surface area contributed by atoms with Crippen LogP contribution in [0.15, 0.2) is 30.3 Å². The Hall–Kier alpha value is -1.35. The van der Waals surface area contributed by atoms with Crippen LogP contribution in [0.2, 0.25) is 0 Å². The van der Waals surface area contributed by atoms with E-state index >= 15 is 0 Å². The molecule has 1 aromatic rings. The Morgan fingerprint density at radius 2 is 1.86 bits per heavy atom. The zero-order valence-electron chi connectivity index (χ0n) is 8.28. The van der Waals surface area contributed by atoms with Crippen molar-refractivity contribution in [2.24, 2.45) is 5.73 Å². The lowest BCUT2D eigenvalue weighted by Crippen LogP contribution is -2.34. The van der Waals surface area contributed by atoms with Crippen LogP contribution in [0.1, 0.15) is 19.4 Å². The smallest absolute Gasteiger partial charge is 0.252 e. The van der Waals surface area contributed by atoms with Gasteiger partial charge in [-0.1, -0.05) is 30.3 Å². The summed E-state index contributed by atoms with van der Waals surface area (Å²) in [6.45, 7) is 3.61. The third-order valence-electron chi connectivity index (χ3n) is 3.07. The highest BCUT2D eigenvalue weighted by Crippen LogP contribution is 2.54. The van der Waals surface area contributed by atoms with E-state index in [1.165, 1.54) is 0 Å². The van der Waals surface area contributed by atoms with Crippen LogP contribution in [0.5, 0.6) is 0 Å². The normalized spacial score (nSPS) is 35.3. The molecule has 2 rings (SSSR count). The van der Waals surface area contributed by atoms with E-state index in [9.17, 15) is 4.79 Å². The SMILES string of the molecule is C[C@@]1(C(N)=O)O[C@]1(C)c1ccccc1. The molecule has 0 radical (unpaired) electrons. The van der Waals surface area contributed by atoms with E-state index in [0.717, 1.165) is 5.56 Å². The van der Waals surface area contributed by atoms with Crippen molar-refractivity contribution in [3.8, 4) is 0 Å². The number of hydrogen-bond donors (Lipinski definition) is 1. The maximum absolute atomic E-state index is 11.2. The molecule has 3 nitrogen and oxygen atoms in total. The van der Waals surface area contributed by atoms with Crippen LogP contribution < -0.4 is 5.73 Å². The van der Waals surface area contributed by atoms with Gasteiger partial charge in [0.15, 0.2) is 5.60 Å². The molecule has 2 N–H and O–H groups in total. The molecule has 2 atom stereocenters. The van der Waals surface area contributed by atoms with E-state index in [0.29, 0.717) is 0 Å². The fourth-order valence-electron chi connectivity index (χ4n) is 1.76. The third kappa shape index (κ3) is 0.990. The molecule has 0 unspecified atom stereocenters. The quantitative estimate of drug-likeness (QED) is 0.713. The highest BCUT2D eigenvalue weighted by atomic mass is 16.6. The van der Waals surface area contributed by atoms with Gasteiger partial charge in [-0.2, -0.15) is 0 Å². The third-order valence-corrected chi connectivity index (χ3v) is 3.07. The van der Waals surface area contributed by atoms with Gasteiger partial charge in [-0.15, -0.1) is 0 Å². The van der Waals surface area contributed by atoms with Crippen molar-refractivity contribution < 1.29 is 9.53 Å². The monoisotopic (exact) mass is 191 g/mol. The molecule has 1 fully saturated rings. The number of hydrogen-bond acceptors (Lipinski definition) is 2. The van der Waals surface area contributed by atoms with Crippen molar-refractivity contribution >= 4 is 5.91 Å². The zero-order valence-corrected chi connectivity index (χ0v) is 8.28. The molecule has 14 heavy (non-hydrogen) atoms. The first-order valence-electron chi connectivity index (χ1n) is 4.56. The van der Waals surface area contributed by atoms with Crippen molar-refractivity contribution in [1.82, 2.24) is 0 Å². The minimum Gasteiger partial charge on any atom is -0.367 e. The number of carbonyl (C=O) groups excluding carboxylic acids is 1. The standard InChI is InChI=1S/C11H13NO2/c1-10(8-6-4-3-5-7-8)11(2,14-10)9(12)13/h3-7H,1-2H3,(H2,12,13)/t10-,11+/m1/s1. The Bertz CT molecular complexity index is 376. The fourth-order valence-corrected chi connectivity index (χ4v) is 1.76. The van der Waals surface area contributed by atoms with Gasteiger partial charge < -0.3 is 10.5 Å². The molecular weight excluding hydrogens is 178 g/mol. The van der Waals surface area contributed by atoms with E-state index in [4.69, 9.17) is 10.5 Å². The zero-order chi connectivity index (χ0) is 10.4. The summed E-state index contributed by atoms with van der Waals surface area (Å²) < 4.78 is 5.46. The van der Waals surface area contributed by atoms with Gasteiger partial charge in [0.05, 0.1) is 0 Å². The number of ether oxygens (including phenoxy) is 1. The molecule has 0 aliphatic carbocycles. The van der Waals surface area contributed by atoms with Crippen LogP contribution in [-0.4, -0.2) is 11.5 Å². The van der Waals surface area contributed by atoms with Crippen molar-refractivity contribution in [1.29, 1.82) is 0 Å². The number of primary amides is 1. The van der Waals surface area contributed by atoms with Gasteiger partial charge in [-0.3, -0.25) is 4.79 Å². The molecule has 0 spiro atoms. The summed E-state index contributed by atoms with van der Waals surface area (Å²) in [5, 5.41) is 0. The topological polar surface area (TPSA) is 55.6 Å². The van der Waals surface area contributed by atoms with Gasteiger partial charge in [0, 0.05) is 0 Å². The Kier molecular flexibility index (Phi) is 1.70. The van der Waals surface area contributed by atoms with Crippen LogP contribution in [-0.2, 0) is 15.1 Å². The summed E-state index contributed by atoms with van der Waals surface area (Å²) in [6.07, 6.45) is 0. The van der Waals surface area contributed by atoms with Crippen LogP contribution in [0.4, 0.5) is 0 Å². The first-order valence-corrected chi connectivity index (χ1v) is 4.56. The number of nitrogens with two attached hydrogens (primary N) is 1. The fraction of sp³-hybridized carbons (Fsp3) is 0.364.